The standard InChI is InChI=1S/C20H16.Sb.H/c1-20(17-11-5-2-6-12-17,18-13-7-3-8-14-18)19-15-9-4-10-16-19;;/h1-16H;;. The predicted octanol–water partition coefficient (Wildman–Crippen LogP) is 3.72. The molecule has 21 heavy (non-hydrogen) atoms. The maximum absolute atomic E-state index is 2.39. The van der Waals surface area contributed by atoms with Gasteiger partial charge in [0.15, 0.2) is 0 Å². The van der Waals surface area contributed by atoms with E-state index in [1.807, 2.05) is 0 Å². The van der Waals surface area contributed by atoms with Crippen LogP contribution in [0.2, 0.25) is 0 Å². The minimum absolute atomic E-state index is 0.165. The van der Waals surface area contributed by atoms with E-state index in [1.54, 1.807) is 0 Å². The monoisotopic (exact) mass is 378 g/mol. The first-order valence-corrected chi connectivity index (χ1v) is 8.71. The van der Waals surface area contributed by atoms with Crippen molar-refractivity contribution < 1.29 is 0 Å². The van der Waals surface area contributed by atoms with Crippen LogP contribution >= 0.6 is 0 Å². The van der Waals surface area contributed by atoms with Crippen LogP contribution in [0.15, 0.2) is 91.0 Å². The second kappa shape index (κ2) is 6.41. The average Bonchev–Trinajstić information content (AvgIpc) is 2.59. The fourth-order valence-electron chi connectivity index (χ4n) is 2.85. The summed E-state index contributed by atoms with van der Waals surface area (Å²) in [5.41, 5.74) is 3.79. The van der Waals surface area contributed by atoms with Crippen molar-refractivity contribution in [2.24, 2.45) is 0 Å². The first-order valence-electron chi connectivity index (χ1n) is 7.06. The molecule has 0 saturated carbocycles. The zero-order chi connectivity index (χ0) is 14.5. The van der Waals surface area contributed by atoms with Crippen LogP contribution in [0, 0.1) is 0 Å². The molecule has 0 saturated heterocycles. The van der Waals surface area contributed by atoms with Gasteiger partial charge in [-0.25, -0.2) is 0 Å². The molecule has 3 rings (SSSR count). The second-order valence-electron chi connectivity index (χ2n) is 5.05. The molecular weight excluding hydrogens is 362 g/mol. The van der Waals surface area contributed by atoms with E-state index >= 15 is 0 Å². The molecular formula is C20H17Sb. The average molecular weight is 379 g/mol. The predicted molar refractivity (Wildman–Crippen MR) is 92.4 cm³/mol. The zero-order valence-electron chi connectivity index (χ0n) is 11.7. The van der Waals surface area contributed by atoms with Crippen LogP contribution < -0.4 is 0 Å². The first-order chi connectivity index (χ1) is 10.4. The van der Waals surface area contributed by atoms with E-state index in [0.29, 0.717) is 0 Å². The van der Waals surface area contributed by atoms with Crippen molar-refractivity contribution in [2.45, 2.75) is 5.41 Å². The van der Waals surface area contributed by atoms with Crippen molar-refractivity contribution in [2.75, 3.05) is 0 Å². The van der Waals surface area contributed by atoms with Gasteiger partial charge < -0.3 is 0 Å². The van der Waals surface area contributed by atoms with Crippen LogP contribution in [-0.2, 0) is 5.41 Å². The topological polar surface area (TPSA) is 0 Å². The molecule has 3 aromatic carbocycles. The second-order valence-corrected chi connectivity index (χ2v) is 5.87. The van der Waals surface area contributed by atoms with Gasteiger partial charge in [0.2, 0.25) is 0 Å². The summed E-state index contributed by atoms with van der Waals surface area (Å²) in [6.07, 6.45) is 0. The van der Waals surface area contributed by atoms with Crippen LogP contribution in [-0.4, -0.2) is 26.5 Å². The van der Waals surface area contributed by atoms with Gasteiger partial charge in [0.1, 0.15) is 0 Å². The summed E-state index contributed by atoms with van der Waals surface area (Å²) in [4.78, 5) is 0. The van der Waals surface area contributed by atoms with E-state index < -0.39 is 0 Å². The van der Waals surface area contributed by atoms with Crippen molar-refractivity contribution in [1.82, 2.24) is 0 Å². The van der Waals surface area contributed by atoms with Crippen LogP contribution in [0.5, 0.6) is 0 Å². The molecule has 0 bridgehead atoms. The molecule has 0 aromatic heterocycles. The molecule has 102 valence electrons. The Labute approximate surface area is 139 Å². The van der Waals surface area contributed by atoms with Gasteiger partial charge in [-0.05, 0) is 0 Å². The van der Waals surface area contributed by atoms with Crippen molar-refractivity contribution in [3.05, 3.63) is 108 Å². The summed E-state index contributed by atoms with van der Waals surface area (Å²) in [6.45, 7) is 0. The molecule has 0 fully saturated rings. The third kappa shape index (κ3) is 2.61. The van der Waals surface area contributed by atoms with Gasteiger partial charge in [0.05, 0.1) is 0 Å². The zero-order valence-corrected chi connectivity index (χ0v) is 14.6. The Morgan fingerprint density at radius 1 is 0.524 bits per heavy atom. The Morgan fingerprint density at radius 3 is 1.05 bits per heavy atom. The van der Waals surface area contributed by atoms with Crippen LogP contribution in [0.4, 0.5) is 0 Å². The third-order valence-corrected chi connectivity index (χ3v) is 5.14. The number of benzene rings is 3. The van der Waals surface area contributed by atoms with Crippen LogP contribution in [0.25, 0.3) is 0 Å². The molecule has 1 heteroatoms. The molecule has 0 radical (unpaired) electrons. The van der Waals surface area contributed by atoms with Gasteiger partial charge in [-0.1, -0.05) is 0 Å². The summed E-state index contributed by atoms with van der Waals surface area (Å²) < 4.78 is 2.39. The molecule has 0 N–H and O–H groups in total. The molecule has 0 amide bonds. The van der Waals surface area contributed by atoms with E-state index in [0.717, 1.165) is 0 Å². The summed E-state index contributed by atoms with van der Waals surface area (Å²) in [5, 5.41) is 0. The number of hydrogen-bond acceptors (Lipinski definition) is 0. The van der Waals surface area contributed by atoms with Gasteiger partial charge in [-0.3, -0.25) is 0 Å². The van der Waals surface area contributed by atoms with Gasteiger partial charge >= 0.3 is 140 Å². The van der Waals surface area contributed by atoms with Crippen molar-refractivity contribution in [1.29, 1.82) is 0 Å². The van der Waals surface area contributed by atoms with Crippen LogP contribution in [0.1, 0.15) is 16.7 Å². The van der Waals surface area contributed by atoms with E-state index in [4.69, 9.17) is 0 Å². The van der Waals surface area contributed by atoms with Gasteiger partial charge in [-0.15, -0.1) is 0 Å². The Kier molecular flexibility index (Phi) is 4.36. The molecule has 0 aliphatic carbocycles. The summed E-state index contributed by atoms with van der Waals surface area (Å²) in [6, 6.07) is 32.3. The molecule has 0 spiro atoms. The fraction of sp³-hybridized carbons (Fsp3) is 0.0500. The molecule has 3 aromatic rings. The van der Waals surface area contributed by atoms with Crippen molar-refractivity contribution in [3.8, 4) is 0 Å². The normalized spacial score (nSPS) is 11.0. The van der Waals surface area contributed by atoms with E-state index in [2.05, 4.69) is 94.9 Å². The molecule has 0 aliphatic heterocycles. The SMILES string of the molecule is [SbH]=[CH]C(c1ccccc1)(c1ccccc1)c1ccccc1. The Balaban J connectivity index is 2.31. The van der Waals surface area contributed by atoms with Crippen molar-refractivity contribution >= 4 is 26.5 Å². The Bertz CT molecular complexity index is 606. The Morgan fingerprint density at radius 2 is 0.810 bits per heavy atom. The third-order valence-electron chi connectivity index (χ3n) is 3.90. The molecule has 0 heterocycles. The maximum atomic E-state index is 2.39. The summed E-state index contributed by atoms with van der Waals surface area (Å²) in [5.74, 6) is 0. The van der Waals surface area contributed by atoms with E-state index in [-0.39, 0.29) is 5.41 Å². The number of hydrogen-bond donors (Lipinski definition) is 0. The summed E-state index contributed by atoms with van der Waals surface area (Å²) >= 11 is 1.42. The molecule has 0 unspecified atom stereocenters. The van der Waals surface area contributed by atoms with Gasteiger partial charge in [0.25, 0.3) is 0 Å². The van der Waals surface area contributed by atoms with Gasteiger partial charge in [0, 0.05) is 0 Å². The fourth-order valence-corrected chi connectivity index (χ4v) is 4.28. The first kappa shape index (κ1) is 14.3. The van der Waals surface area contributed by atoms with Crippen molar-refractivity contribution in [3.63, 3.8) is 0 Å². The molecule has 0 nitrogen and oxygen atoms in total. The van der Waals surface area contributed by atoms with E-state index in [1.165, 1.54) is 39.2 Å². The van der Waals surface area contributed by atoms with Gasteiger partial charge in [-0.2, -0.15) is 0 Å². The van der Waals surface area contributed by atoms with E-state index in [9.17, 15) is 0 Å². The Hall–Kier alpha value is -1.65. The number of rotatable bonds is 4. The van der Waals surface area contributed by atoms with Crippen LogP contribution in [0.3, 0.4) is 0 Å². The quantitative estimate of drug-likeness (QED) is 0.479. The molecule has 0 atom stereocenters. The summed E-state index contributed by atoms with van der Waals surface area (Å²) in [7, 11) is 0. The minimum atomic E-state index is -0.165. The molecule has 0 aliphatic rings.